The molecule has 0 radical (unpaired) electrons. The highest BCUT2D eigenvalue weighted by Gasteiger charge is 2.43. The Labute approximate surface area is 517 Å². The van der Waals surface area contributed by atoms with E-state index in [0.29, 0.717) is 17.7 Å². The predicted molar refractivity (Wildman–Crippen MR) is 376 cm³/mol. The Bertz CT molecular complexity index is 4990. The van der Waals surface area contributed by atoms with Crippen LogP contribution in [0.4, 0.5) is 0 Å². The van der Waals surface area contributed by atoms with Gasteiger partial charge in [-0.3, -0.25) is 9.13 Å². The van der Waals surface area contributed by atoms with Crippen molar-refractivity contribution in [3.63, 3.8) is 0 Å². The van der Waals surface area contributed by atoms with Gasteiger partial charge >= 0.3 is 0 Å². The first-order valence-electron chi connectivity index (χ1n) is 30.4. The SMILES string of the molecule is c1ccc([Si](c2ccccc2)(c2ccccc2)c2ccc3c(c2)c2ccccc2n3-c2nc(-c3cccc(-n4c5ccccc5c5ccccc54)c3)nc(-n3c4ccccc4c4cc([Si](c5ccccc5)(c5ccccc5)c5ccccc5)ccc43)n2)cc1. The molecule has 0 aliphatic rings. The first kappa shape index (κ1) is 52.1. The summed E-state index contributed by atoms with van der Waals surface area (Å²) in [5, 5.41) is 17.4. The quantitative estimate of drug-likeness (QED) is 0.0905. The van der Waals surface area contributed by atoms with Crippen molar-refractivity contribution in [3.8, 4) is 29.0 Å². The first-order chi connectivity index (χ1) is 44.2. The molecule has 6 nitrogen and oxygen atoms in total. The second kappa shape index (κ2) is 21.3. The summed E-state index contributed by atoms with van der Waals surface area (Å²) in [6, 6.07) is 125. The van der Waals surface area contributed by atoms with Gasteiger partial charge in [0.15, 0.2) is 22.0 Å². The second-order valence-corrected chi connectivity index (χ2v) is 30.7. The average molecular weight is 1170 g/mol. The van der Waals surface area contributed by atoms with Crippen molar-refractivity contribution in [2.45, 2.75) is 0 Å². The number of rotatable bonds is 12. The van der Waals surface area contributed by atoms with E-state index < -0.39 is 16.1 Å². The van der Waals surface area contributed by atoms with Gasteiger partial charge in [-0.2, -0.15) is 15.0 Å². The molecule has 0 atom stereocenters. The van der Waals surface area contributed by atoms with E-state index in [0.717, 1.165) is 65.9 Å². The van der Waals surface area contributed by atoms with Crippen LogP contribution in [0.3, 0.4) is 0 Å². The minimum atomic E-state index is -2.92. The van der Waals surface area contributed by atoms with Gasteiger partial charge in [-0.15, -0.1) is 0 Å². The van der Waals surface area contributed by atoms with Crippen molar-refractivity contribution in [3.05, 3.63) is 340 Å². The van der Waals surface area contributed by atoms with Crippen molar-refractivity contribution in [2.24, 2.45) is 0 Å². The Morgan fingerprint density at radius 2 is 0.494 bits per heavy atom. The Balaban J connectivity index is 0.932. The van der Waals surface area contributed by atoms with Gasteiger partial charge < -0.3 is 4.57 Å². The summed E-state index contributed by atoms with van der Waals surface area (Å²) in [6.07, 6.45) is 0. The second-order valence-electron chi connectivity index (χ2n) is 23.0. The molecule has 17 aromatic rings. The molecule has 0 N–H and O–H groups in total. The molecule has 13 aromatic carbocycles. The molecular formula is C81H56N6Si2. The average Bonchev–Trinajstić information content (AvgIpc) is 1.86. The van der Waals surface area contributed by atoms with Crippen LogP contribution < -0.4 is 41.5 Å². The van der Waals surface area contributed by atoms with E-state index in [-0.39, 0.29) is 0 Å². The number of hydrogen-bond acceptors (Lipinski definition) is 3. The molecule has 0 aliphatic heterocycles. The molecule has 4 aromatic heterocycles. The fourth-order valence-electron chi connectivity index (χ4n) is 14.6. The Kier molecular flexibility index (Phi) is 12.5. The summed E-state index contributed by atoms with van der Waals surface area (Å²) < 4.78 is 6.89. The topological polar surface area (TPSA) is 53.5 Å². The minimum Gasteiger partial charge on any atom is -0.309 e. The monoisotopic (exact) mass is 1170 g/mol. The number of fused-ring (bicyclic) bond motifs is 9. The highest BCUT2D eigenvalue weighted by Crippen LogP contribution is 2.37. The van der Waals surface area contributed by atoms with Crippen LogP contribution in [0.5, 0.6) is 0 Å². The standard InChI is InChI=1S/C81H56N6Si2/c1-7-30-59(31-8-1)88(60-32-9-2-10-33-60,61-34-11-3-12-35-61)65-50-52-77-71(55-65)69-44-21-25-48-75(69)86(77)80-82-79(57-28-27-29-58(54-57)85-73-46-23-19-42-67(73)68-43-20-24-47-74(68)85)83-81(84-80)87-76-49-26-22-45-70(76)72-56-66(51-53-78(72)87)89(62-36-13-4-14-37-62,63-38-15-5-16-39-63)64-40-17-6-18-41-64/h1-56H. The van der Waals surface area contributed by atoms with E-state index in [4.69, 9.17) is 15.0 Å². The zero-order valence-electron chi connectivity index (χ0n) is 48.5. The maximum Gasteiger partial charge on any atom is 0.240 e. The van der Waals surface area contributed by atoms with E-state index in [1.54, 1.807) is 0 Å². The molecule has 0 aliphatic carbocycles. The Morgan fingerprint density at radius 3 is 0.843 bits per heavy atom. The third kappa shape index (κ3) is 8.18. The summed E-state index contributed by atoms with van der Waals surface area (Å²) >= 11 is 0. The van der Waals surface area contributed by atoms with E-state index in [9.17, 15) is 0 Å². The summed E-state index contributed by atoms with van der Waals surface area (Å²) in [5.41, 5.74) is 8.17. The van der Waals surface area contributed by atoms with Crippen molar-refractivity contribution in [1.82, 2.24) is 28.7 Å². The molecule has 0 spiro atoms. The van der Waals surface area contributed by atoms with Crippen LogP contribution in [0.25, 0.3) is 94.4 Å². The van der Waals surface area contributed by atoms with Crippen molar-refractivity contribution in [1.29, 1.82) is 0 Å². The molecule has 0 saturated heterocycles. The van der Waals surface area contributed by atoms with Crippen LogP contribution in [-0.2, 0) is 0 Å². The van der Waals surface area contributed by atoms with Crippen LogP contribution in [0.1, 0.15) is 0 Å². The zero-order chi connectivity index (χ0) is 58.9. The van der Waals surface area contributed by atoms with Gasteiger partial charge in [0.25, 0.3) is 0 Å². The first-order valence-corrected chi connectivity index (χ1v) is 34.4. The van der Waals surface area contributed by atoms with Crippen molar-refractivity contribution < 1.29 is 0 Å². The van der Waals surface area contributed by atoms with Crippen molar-refractivity contribution in [2.75, 3.05) is 0 Å². The minimum absolute atomic E-state index is 0.523. The summed E-state index contributed by atoms with van der Waals surface area (Å²) in [4.78, 5) is 17.1. The van der Waals surface area contributed by atoms with E-state index in [1.165, 1.54) is 52.3 Å². The maximum absolute atomic E-state index is 5.74. The lowest BCUT2D eigenvalue weighted by atomic mass is 10.1. The molecule has 17 rings (SSSR count). The number of benzene rings is 13. The van der Waals surface area contributed by atoms with Crippen LogP contribution in [0.2, 0.25) is 0 Å². The van der Waals surface area contributed by atoms with Crippen LogP contribution in [0, 0.1) is 0 Å². The lowest BCUT2D eigenvalue weighted by Gasteiger charge is -2.34. The van der Waals surface area contributed by atoms with Gasteiger partial charge in [0.1, 0.15) is 0 Å². The lowest BCUT2D eigenvalue weighted by molar-refractivity contribution is 0.892. The number of aromatic nitrogens is 6. The fourth-order valence-corrected chi connectivity index (χ4v) is 24.2. The molecule has 4 heterocycles. The maximum atomic E-state index is 5.74. The van der Waals surface area contributed by atoms with Crippen LogP contribution >= 0.6 is 0 Å². The van der Waals surface area contributed by atoms with Gasteiger partial charge in [-0.1, -0.05) is 291 Å². The highest BCUT2D eigenvalue weighted by atomic mass is 28.3. The molecule has 0 fully saturated rings. The zero-order valence-corrected chi connectivity index (χ0v) is 50.5. The van der Waals surface area contributed by atoms with Crippen molar-refractivity contribution >= 4 is 123 Å². The molecular weight excluding hydrogens is 1110 g/mol. The summed E-state index contributed by atoms with van der Waals surface area (Å²) in [5.74, 6) is 1.61. The molecule has 0 unspecified atom stereocenters. The van der Waals surface area contributed by atoms with E-state index >= 15 is 0 Å². The van der Waals surface area contributed by atoms with Crippen LogP contribution in [0.15, 0.2) is 340 Å². The largest absolute Gasteiger partial charge is 0.309 e. The molecule has 0 saturated carbocycles. The third-order valence-electron chi connectivity index (χ3n) is 18.4. The van der Waals surface area contributed by atoms with Gasteiger partial charge in [0.2, 0.25) is 11.9 Å². The lowest BCUT2D eigenvalue weighted by Crippen LogP contribution is -2.74. The Morgan fingerprint density at radius 1 is 0.202 bits per heavy atom. The number of para-hydroxylation sites is 4. The molecule has 8 heteroatoms. The van der Waals surface area contributed by atoms with Crippen LogP contribution in [-0.4, -0.2) is 44.8 Å². The van der Waals surface area contributed by atoms with Gasteiger partial charge in [-0.25, -0.2) is 0 Å². The van der Waals surface area contributed by atoms with Gasteiger partial charge in [-0.05, 0) is 90.0 Å². The Hall–Kier alpha value is -11.3. The predicted octanol–water partition coefficient (Wildman–Crippen LogP) is 13.6. The smallest absolute Gasteiger partial charge is 0.240 e. The molecule has 0 amide bonds. The highest BCUT2D eigenvalue weighted by molar-refractivity contribution is 7.20. The normalized spacial score (nSPS) is 12.0. The summed E-state index contributed by atoms with van der Waals surface area (Å²) in [7, 11) is -5.83. The van der Waals surface area contributed by atoms with Gasteiger partial charge in [0, 0.05) is 43.6 Å². The van der Waals surface area contributed by atoms with E-state index in [2.05, 4.69) is 353 Å². The van der Waals surface area contributed by atoms with Gasteiger partial charge in [0.05, 0.1) is 33.1 Å². The fraction of sp³-hybridized carbons (Fsp3) is 0. The third-order valence-corrected chi connectivity index (χ3v) is 28.0. The number of nitrogens with zero attached hydrogens (tertiary/aromatic N) is 6. The van der Waals surface area contributed by atoms with E-state index in [1.807, 2.05) is 0 Å². The summed E-state index contributed by atoms with van der Waals surface area (Å²) in [6.45, 7) is 0. The number of hydrogen-bond donors (Lipinski definition) is 0. The molecule has 418 valence electrons. The molecule has 0 bridgehead atoms. The molecule has 89 heavy (non-hydrogen) atoms.